The quantitative estimate of drug-likeness (QED) is 0.848. The number of aryl methyl sites for hydroxylation is 1. The molecule has 2 aromatic rings. The van der Waals surface area contributed by atoms with Gasteiger partial charge in [-0.25, -0.2) is 0 Å². The van der Waals surface area contributed by atoms with Gasteiger partial charge in [0.05, 0.1) is 18.7 Å². The van der Waals surface area contributed by atoms with Crippen LogP contribution in [0.5, 0.6) is 5.75 Å². The molecule has 0 aliphatic rings. The predicted molar refractivity (Wildman–Crippen MR) is 84.5 cm³/mol. The van der Waals surface area contributed by atoms with Gasteiger partial charge < -0.3 is 15.8 Å². The number of hydrogen-bond donors (Lipinski definition) is 2. The molecule has 4 heteroatoms. The average molecular weight is 284 g/mol. The molecule has 0 saturated heterocycles. The van der Waals surface area contributed by atoms with Crippen molar-refractivity contribution in [3.05, 3.63) is 59.2 Å². The first-order valence-corrected chi connectivity index (χ1v) is 6.82. The molecule has 2 aromatic carbocycles. The zero-order valence-electron chi connectivity index (χ0n) is 12.5. The summed E-state index contributed by atoms with van der Waals surface area (Å²) in [5, 5.41) is 2.97. The molecule has 0 aromatic heterocycles. The van der Waals surface area contributed by atoms with Gasteiger partial charge in [-0.2, -0.15) is 0 Å². The maximum atomic E-state index is 12.4. The van der Waals surface area contributed by atoms with Crippen molar-refractivity contribution in [2.24, 2.45) is 0 Å². The third-order valence-electron chi connectivity index (χ3n) is 3.40. The van der Waals surface area contributed by atoms with E-state index in [2.05, 4.69) is 5.32 Å². The van der Waals surface area contributed by atoms with Gasteiger partial charge in [-0.1, -0.05) is 29.8 Å². The minimum atomic E-state index is -0.181. The van der Waals surface area contributed by atoms with Gasteiger partial charge in [-0.05, 0) is 31.5 Å². The number of nitrogens with two attached hydrogens (primary N) is 1. The third-order valence-corrected chi connectivity index (χ3v) is 3.40. The fourth-order valence-electron chi connectivity index (χ4n) is 2.11. The molecule has 0 spiro atoms. The number of anilines is 1. The Hall–Kier alpha value is -2.49. The molecule has 0 bridgehead atoms. The van der Waals surface area contributed by atoms with E-state index in [9.17, 15) is 4.79 Å². The van der Waals surface area contributed by atoms with Crippen molar-refractivity contribution < 1.29 is 9.53 Å². The van der Waals surface area contributed by atoms with Gasteiger partial charge in [0, 0.05) is 11.8 Å². The second kappa shape index (κ2) is 6.31. The second-order valence-electron chi connectivity index (χ2n) is 5.07. The first-order chi connectivity index (χ1) is 10.0. The van der Waals surface area contributed by atoms with E-state index in [1.54, 1.807) is 18.2 Å². The number of nitrogens with one attached hydrogen (secondary N) is 1. The average Bonchev–Trinajstić information content (AvgIpc) is 2.47. The summed E-state index contributed by atoms with van der Waals surface area (Å²) in [5.41, 5.74) is 8.99. The molecule has 3 N–H and O–H groups in total. The lowest BCUT2D eigenvalue weighted by molar-refractivity contribution is 0.0937. The van der Waals surface area contributed by atoms with Crippen molar-refractivity contribution in [3.63, 3.8) is 0 Å². The van der Waals surface area contributed by atoms with Gasteiger partial charge in [-0.15, -0.1) is 0 Å². The zero-order valence-corrected chi connectivity index (χ0v) is 12.5. The van der Waals surface area contributed by atoms with E-state index in [0.717, 1.165) is 5.56 Å². The van der Waals surface area contributed by atoms with Crippen LogP contribution in [0.25, 0.3) is 0 Å². The zero-order chi connectivity index (χ0) is 15.4. The van der Waals surface area contributed by atoms with Crippen LogP contribution in [0.4, 0.5) is 5.69 Å². The van der Waals surface area contributed by atoms with Crippen LogP contribution in [0, 0.1) is 6.92 Å². The van der Waals surface area contributed by atoms with Crippen molar-refractivity contribution >= 4 is 11.6 Å². The van der Waals surface area contributed by atoms with Gasteiger partial charge in [0.25, 0.3) is 5.91 Å². The number of benzene rings is 2. The summed E-state index contributed by atoms with van der Waals surface area (Å²) in [6.45, 7) is 3.98. The van der Waals surface area contributed by atoms with Gasteiger partial charge in [0.2, 0.25) is 0 Å². The van der Waals surface area contributed by atoms with Crippen molar-refractivity contribution in [2.75, 3.05) is 12.8 Å². The molecular weight excluding hydrogens is 264 g/mol. The molecule has 0 aliphatic carbocycles. The van der Waals surface area contributed by atoms with Crippen molar-refractivity contribution in [2.45, 2.75) is 19.9 Å². The molecule has 0 radical (unpaired) electrons. The Balaban J connectivity index is 2.16. The molecule has 1 atom stereocenters. The van der Waals surface area contributed by atoms with E-state index >= 15 is 0 Å². The summed E-state index contributed by atoms with van der Waals surface area (Å²) in [4.78, 5) is 12.4. The van der Waals surface area contributed by atoms with Gasteiger partial charge >= 0.3 is 0 Å². The number of hydrogen-bond acceptors (Lipinski definition) is 3. The first kappa shape index (κ1) is 14.9. The molecule has 21 heavy (non-hydrogen) atoms. The SMILES string of the molecule is COc1cc(N)ccc1C(=O)N[C@H](C)c1ccc(C)cc1. The minimum absolute atomic E-state index is 0.0830. The highest BCUT2D eigenvalue weighted by Gasteiger charge is 2.15. The lowest BCUT2D eigenvalue weighted by Gasteiger charge is -2.16. The normalized spacial score (nSPS) is 11.8. The Kier molecular flexibility index (Phi) is 4.48. The highest BCUT2D eigenvalue weighted by Crippen LogP contribution is 2.22. The van der Waals surface area contributed by atoms with Crippen LogP contribution in [0.2, 0.25) is 0 Å². The highest BCUT2D eigenvalue weighted by molar-refractivity contribution is 5.97. The van der Waals surface area contributed by atoms with Crippen LogP contribution in [-0.4, -0.2) is 13.0 Å². The summed E-state index contributed by atoms with van der Waals surface area (Å²) < 4.78 is 5.21. The van der Waals surface area contributed by atoms with Gasteiger partial charge in [-0.3, -0.25) is 4.79 Å². The molecule has 0 saturated carbocycles. The van der Waals surface area contributed by atoms with Gasteiger partial charge in [0.15, 0.2) is 0 Å². The summed E-state index contributed by atoms with van der Waals surface area (Å²) >= 11 is 0. The monoisotopic (exact) mass is 284 g/mol. The van der Waals surface area contributed by atoms with Crippen LogP contribution in [0.3, 0.4) is 0 Å². The van der Waals surface area contributed by atoms with Crippen molar-refractivity contribution in [3.8, 4) is 5.75 Å². The number of methoxy groups -OCH3 is 1. The number of ether oxygens (including phenoxy) is 1. The minimum Gasteiger partial charge on any atom is -0.496 e. The predicted octanol–water partition coefficient (Wildman–Crippen LogP) is 3.08. The Bertz CT molecular complexity index is 636. The smallest absolute Gasteiger partial charge is 0.255 e. The fourth-order valence-corrected chi connectivity index (χ4v) is 2.11. The van der Waals surface area contributed by atoms with Crippen LogP contribution in [0.1, 0.15) is 34.5 Å². The van der Waals surface area contributed by atoms with E-state index in [1.807, 2.05) is 38.1 Å². The molecular formula is C17H20N2O2. The van der Waals surface area contributed by atoms with Crippen LogP contribution in [0.15, 0.2) is 42.5 Å². The molecule has 1 amide bonds. The number of amides is 1. The molecule has 0 aliphatic heterocycles. The number of nitrogen functional groups attached to an aromatic ring is 1. The van der Waals surface area contributed by atoms with E-state index in [0.29, 0.717) is 17.0 Å². The summed E-state index contributed by atoms with van der Waals surface area (Å²) in [6, 6.07) is 13.0. The molecule has 0 unspecified atom stereocenters. The first-order valence-electron chi connectivity index (χ1n) is 6.82. The lowest BCUT2D eigenvalue weighted by atomic mass is 10.1. The number of carbonyl (C=O) groups excluding carboxylic acids is 1. The Morgan fingerprint density at radius 3 is 2.48 bits per heavy atom. The van der Waals surface area contributed by atoms with Crippen LogP contribution < -0.4 is 15.8 Å². The number of rotatable bonds is 4. The summed E-state index contributed by atoms with van der Waals surface area (Å²) in [7, 11) is 1.52. The maximum absolute atomic E-state index is 12.4. The largest absolute Gasteiger partial charge is 0.496 e. The van der Waals surface area contributed by atoms with Gasteiger partial charge in [0.1, 0.15) is 5.75 Å². The summed E-state index contributed by atoms with van der Waals surface area (Å²) in [6.07, 6.45) is 0. The molecule has 0 fully saturated rings. The van der Waals surface area contributed by atoms with E-state index < -0.39 is 0 Å². The lowest BCUT2D eigenvalue weighted by Crippen LogP contribution is -2.27. The van der Waals surface area contributed by atoms with Crippen molar-refractivity contribution in [1.82, 2.24) is 5.32 Å². The Labute approximate surface area is 124 Å². The second-order valence-corrected chi connectivity index (χ2v) is 5.07. The van der Waals surface area contributed by atoms with E-state index in [4.69, 9.17) is 10.5 Å². The molecule has 0 heterocycles. The standard InChI is InChI=1S/C17H20N2O2/c1-11-4-6-13(7-5-11)12(2)19-17(20)15-9-8-14(18)10-16(15)21-3/h4-10,12H,18H2,1-3H3,(H,19,20)/t12-/m1/s1. The fraction of sp³-hybridized carbons (Fsp3) is 0.235. The number of carbonyl (C=O) groups is 1. The molecule has 110 valence electrons. The maximum Gasteiger partial charge on any atom is 0.255 e. The van der Waals surface area contributed by atoms with Crippen LogP contribution in [-0.2, 0) is 0 Å². The highest BCUT2D eigenvalue weighted by atomic mass is 16.5. The topological polar surface area (TPSA) is 64.3 Å². The Morgan fingerprint density at radius 2 is 1.86 bits per heavy atom. The van der Waals surface area contributed by atoms with E-state index in [-0.39, 0.29) is 11.9 Å². The summed E-state index contributed by atoms with van der Waals surface area (Å²) in [5.74, 6) is 0.295. The third kappa shape index (κ3) is 3.54. The van der Waals surface area contributed by atoms with E-state index in [1.165, 1.54) is 12.7 Å². The van der Waals surface area contributed by atoms with Crippen molar-refractivity contribution in [1.29, 1.82) is 0 Å². The molecule has 4 nitrogen and oxygen atoms in total. The van der Waals surface area contributed by atoms with Crippen LogP contribution >= 0.6 is 0 Å². The Morgan fingerprint density at radius 1 is 1.19 bits per heavy atom. The molecule has 2 rings (SSSR count).